The smallest absolute Gasteiger partial charge is 0.437 e. The number of benzene rings is 2. The molecule has 0 radical (unpaired) electrons. The lowest BCUT2D eigenvalue weighted by molar-refractivity contribution is -0.870. The average Bonchev–Trinajstić information content (AvgIpc) is 3.13. The van der Waals surface area contributed by atoms with Crippen LogP contribution >= 0.6 is 11.6 Å². The first kappa shape index (κ1) is 32.0. The third-order valence-corrected chi connectivity index (χ3v) is 5.08. The Kier molecular flexibility index (Phi) is 10.5. The summed E-state index contributed by atoms with van der Waals surface area (Å²) >= 11 is 6.08. The molecule has 0 N–H and O–H groups in total. The highest BCUT2D eigenvalue weighted by Gasteiger charge is 2.30. The molecule has 0 spiro atoms. The molecule has 3 rings (SSSR count). The van der Waals surface area contributed by atoms with E-state index in [0.717, 1.165) is 27.8 Å². The van der Waals surface area contributed by atoms with Gasteiger partial charge in [0, 0.05) is 28.8 Å². The second-order valence-corrected chi connectivity index (χ2v) is 11.3. The Bertz CT molecular complexity index is 1440. The fourth-order valence-electron chi connectivity index (χ4n) is 3.13. The van der Waals surface area contributed by atoms with Crippen LogP contribution in [-0.4, -0.2) is 67.1 Å². The third-order valence-electron chi connectivity index (χ3n) is 4.84. The van der Waals surface area contributed by atoms with Gasteiger partial charge in [0.05, 0.1) is 56.3 Å². The van der Waals surface area contributed by atoms with Crippen LogP contribution in [-0.2, 0) is 27.6 Å². The summed E-state index contributed by atoms with van der Waals surface area (Å²) < 4.78 is 77.8. The summed E-state index contributed by atoms with van der Waals surface area (Å²) in [7, 11) is 2.16. The van der Waals surface area contributed by atoms with Crippen LogP contribution in [0, 0.1) is 0 Å². The van der Waals surface area contributed by atoms with Crippen molar-refractivity contribution in [2.24, 2.45) is 0 Å². The molecule has 0 amide bonds. The number of halogens is 4. The van der Waals surface area contributed by atoms with Crippen LogP contribution in [0.2, 0.25) is 5.02 Å². The Labute approximate surface area is 227 Å². The summed E-state index contributed by atoms with van der Waals surface area (Å²) in [5.41, 5.74) is -0.203. The lowest BCUT2D eigenvalue weighted by Crippen LogP contribution is -2.35. The Morgan fingerprint density at radius 1 is 1.15 bits per heavy atom. The molecule has 214 valence electrons. The molecule has 0 aliphatic rings. The maximum atomic E-state index is 12.8. The highest BCUT2D eigenvalue weighted by molar-refractivity contribution is 7.84. The zero-order valence-corrected chi connectivity index (χ0v) is 23.1. The normalized spacial score (nSPS) is 12.0. The van der Waals surface area contributed by atoms with Crippen molar-refractivity contribution in [3.8, 4) is 17.2 Å². The molecule has 15 heteroatoms. The van der Waals surface area contributed by atoms with Crippen molar-refractivity contribution in [3.05, 3.63) is 69.2 Å². The van der Waals surface area contributed by atoms with Crippen LogP contribution in [0.3, 0.4) is 0 Å². The molecule has 0 aliphatic carbocycles. The minimum absolute atomic E-state index is 0.120. The average molecular weight is 594 g/mol. The van der Waals surface area contributed by atoms with Gasteiger partial charge in [0.25, 0.3) is 0 Å². The first-order valence-corrected chi connectivity index (χ1v) is 13.5. The first-order chi connectivity index (χ1) is 17.8. The van der Waals surface area contributed by atoms with Gasteiger partial charge in [0.1, 0.15) is 5.75 Å². The van der Waals surface area contributed by atoms with Crippen molar-refractivity contribution in [3.63, 3.8) is 0 Å². The zero-order valence-electron chi connectivity index (χ0n) is 21.5. The predicted octanol–water partition coefficient (Wildman–Crippen LogP) is 3.78. The monoisotopic (exact) mass is 593 g/mol. The number of quaternary nitrogens is 1. The van der Waals surface area contributed by atoms with Gasteiger partial charge in [0.15, 0.2) is 0 Å². The van der Waals surface area contributed by atoms with Crippen molar-refractivity contribution in [2.45, 2.75) is 25.6 Å². The number of hydrogen-bond acceptors (Lipinski definition) is 8. The number of ether oxygens (including phenoxy) is 1. The molecule has 3 aromatic rings. The third kappa shape index (κ3) is 11.6. The molecule has 0 saturated heterocycles. The van der Waals surface area contributed by atoms with Gasteiger partial charge in [-0.2, -0.15) is 17.9 Å². The van der Waals surface area contributed by atoms with E-state index in [-0.39, 0.29) is 30.2 Å². The number of hydrogen-bond donors (Lipinski definition) is 0. The number of alkyl halides is 3. The van der Waals surface area contributed by atoms with Gasteiger partial charge in [-0.05, 0) is 42.5 Å². The summed E-state index contributed by atoms with van der Waals surface area (Å²) in [5.74, 6) is -1.16. The summed E-state index contributed by atoms with van der Waals surface area (Å²) in [5, 5.41) is 4.42. The Morgan fingerprint density at radius 3 is 2.28 bits per heavy atom. The second kappa shape index (κ2) is 12.8. The number of esters is 1. The van der Waals surface area contributed by atoms with Crippen LogP contribution in [0.4, 0.5) is 13.2 Å². The topological polar surface area (TPSA) is 132 Å². The van der Waals surface area contributed by atoms with Gasteiger partial charge in [-0.3, -0.25) is 4.79 Å². The van der Waals surface area contributed by atoms with Crippen LogP contribution in [0.15, 0.2) is 51.7 Å². The first-order valence-electron chi connectivity index (χ1n) is 11.3. The van der Waals surface area contributed by atoms with E-state index in [0.29, 0.717) is 23.3 Å². The summed E-state index contributed by atoms with van der Waals surface area (Å²) in [4.78, 5) is 24.6. The van der Waals surface area contributed by atoms with Crippen LogP contribution in [0.25, 0.3) is 11.5 Å². The number of rotatable bonds is 8. The number of aromatic nitrogens is 2. The van der Waals surface area contributed by atoms with Gasteiger partial charge in [-0.25, -0.2) is 13.2 Å². The van der Waals surface area contributed by atoms with Crippen molar-refractivity contribution < 1.29 is 44.6 Å². The molecule has 0 unspecified atom stereocenters. The number of nitrogens with zero attached hydrogens (tertiary/aromatic N) is 3. The predicted molar refractivity (Wildman–Crippen MR) is 135 cm³/mol. The largest absolute Gasteiger partial charge is 0.748 e. The van der Waals surface area contributed by atoms with Crippen LogP contribution in [0.5, 0.6) is 5.75 Å². The zero-order chi connectivity index (χ0) is 29.6. The molecule has 10 nitrogen and oxygen atoms in total. The van der Waals surface area contributed by atoms with Gasteiger partial charge in [-0.1, -0.05) is 11.6 Å². The van der Waals surface area contributed by atoms with E-state index >= 15 is 0 Å². The molecule has 0 saturated carbocycles. The summed E-state index contributed by atoms with van der Waals surface area (Å²) in [6.45, 7) is 0.675. The van der Waals surface area contributed by atoms with Crippen molar-refractivity contribution >= 4 is 27.7 Å². The lowest BCUT2D eigenvalue weighted by atomic mass is 10.1. The van der Waals surface area contributed by atoms with E-state index in [1.807, 2.05) is 21.1 Å². The quantitative estimate of drug-likeness (QED) is 0.167. The van der Waals surface area contributed by atoms with Crippen molar-refractivity contribution in [1.82, 2.24) is 9.78 Å². The Hall–Kier alpha value is -3.20. The van der Waals surface area contributed by atoms with E-state index in [2.05, 4.69) is 5.10 Å². The van der Waals surface area contributed by atoms with Gasteiger partial charge >= 0.3 is 17.9 Å². The molecule has 1 aromatic heterocycles. The molecule has 0 bridgehead atoms. The molecular weight excluding hydrogens is 567 g/mol. The van der Waals surface area contributed by atoms with Crippen molar-refractivity contribution in [1.29, 1.82) is 0 Å². The molecule has 0 fully saturated rings. The fraction of sp³-hybridized carbons (Fsp3) is 0.375. The molecule has 0 aliphatic heterocycles. The van der Waals surface area contributed by atoms with E-state index in [1.54, 1.807) is 6.07 Å². The molecule has 1 heterocycles. The van der Waals surface area contributed by atoms with Gasteiger partial charge < -0.3 is 18.2 Å². The highest BCUT2D eigenvalue weighted by atomic mass is 35.5. The second-order valence-electron chi connectivity index (χ2n) is 9.45. The van der Waals surface area contributed by atoms with Crippen LogP contribution in [0.1, 0.15) is 24.0 Å². The number of carbonyl (C=O) groups is 1. The van der Waals surface area contributed by atoms with E-state index in [9.17, 15) is 22.8 Å². The molecule has 2 aromatic carbocycles. The standard InChI is InChI=1S/C23H24ClF3N3O4.CH4O3S/c1-30(2,3)12-4-5-20(31)33-19-11-10-18(24)13-16(19)14-29-22(32)34-21(28-29)15-6-8-17(9-7-15)23(25,26)27;1-5(2,3)4/h6-11,13H,4-5,12,14H2,1-3H3;1H3,(H,2,3,4)/q+1;/p-1. The van der Waals surface area contributed by atoms with E-state index in [1.165, 1.54) is 24.3 Å². The maximum Gasteiger partial charge on any atom is 0.437 e. The Balaban J connectivity index is 0.000000976. The summed E-state index contributed by atoms with van der Waals surface area (Å²) in [6, 6.07) is 8.71. The van der Waals surface area contributed by atoms with Crippen LogP contribution < -0.4 is 10.5 Å². The molecular formula is C24H27ClF3N3O7S. The fourth-order valence-corrected chi connectivity index (χ4v) is 3.32. The maximum absolute atomic E-state index is 12.8. The summed E-state index contributed by atoms with van der Waals surface area (Å²) in [6.07, 6.45) is -3.01. The van der Waals surface area contributed by atoms with Crippen molar-refractivity contribution in [2.75, 3.05) is 33.9 Å². The van der Waals surface area contributed by atoms with E-state index < -0.39 is 33.6 Å². The SMILES string of the molecule is CS(=O)(=O)[O-].C[N+](C)(C)CCCC(=O)Oc1ccc(Cl)cc1Cn1nc(-c2ccc(C(F)(F)F)cc2)oc1=O. The van der Waals surface area contributed by atoms with Gasteiger partial charge in [-0.15, -0.1) is 5.10 Å². The van der Waals surface area contributed by atoms with E-state index in [4.69, 9.17) is 33.7 Å². The molecule has 39 heavy (non-hydrogen) atoms. The number of carbonyl (C=O) groups excluding carboxylic acids is 1. The minimum atomic E-state index is -4.48. The minimum Gasteiger partial charge on any atom is -0.748 e. The molecule has 0 atom stereocenters. The van der Waals surface area contributed by atoms with Gasteiger partial charge in [0.2, 0.25) is 5.89 Å². The lowest BCUT2D eigenvalue weighted by Gasteiger charge is -2.23. The Morgan fingerprint density at radius 2 is 1.74 bits per heavy atom. The highest BCUT2D eigenvalue weighted by Crippen LogP contribution is 2.30.